The van der Waals surface area contributed by atoms with E-state index in [2.05, 4.69) is 15.4 Å². The van der Waals surface area contributed by atoms with Gasteiger partial charge in [0.15, 0.2) is 5.11 Å². The number of hydrogen-bond acceptors (Lipinski definition) is 6. The van der Waals surface area contributed by atoms with E-state index in [1.165, 1.54) is 7.11 Å². The number of nitro benzene ring substituents is 1. The van der Waals surface area contributed by atoms with Crippen molar-refractivity contribution >= 4 is 34.7 Å². The van der Waals surface area contributed by atoms with Crippen LogP contribution in [0.2, 0.25) is 0 Å². The van der Waals surface area contributed by atoms with Crippen molar-refractivity contribution in [2.45, 2.75) is 12.8 Å². The Hall–Kier alpha value is -2.42. The van der Waals surface area contributed by atoms with Crippen LogP contribution >= 0.6 is 12.2 Å². The van der Waals surface area contributed by atoms with Gasteiger partial charge in [0.25, 0.3) is 5.69 Å². The van der Waals surface area contributed by atoms with Gasteiger partial charge in [0, 0.05) is 30.8 Å². The lowest BCUT2D eigenvalue weighted by Gasteiger charge is -2.16. The van der Waals surface area contributed by atoms with Gasteiger partial charge in [-0.1, -0.05) is 11.8 Å². The predicted molar refractivity (Wildman–Crippen MR) is 78.0 cm³/mol. The van der Waals surface area contributed by atoms with Crippen LogP contribution in [0.5, 0.6) is 5.75 Å². The molecule has 21 heavy (non-hydrogen) atoms. The molecule has 0 saturated carbocycles. The Kier molecular flexibility index (Phi) is 6.34. The largest absolute Gasteiger partial charge is 0.871 e. The second-order valence-corrected chi connectivity index (χ2v) is 4.41. The van der Waals surface area contributed by atoms with Gasteiger partial charge in [-0.2, -0.15) is 0 Å². The van der Waals surface area contributed by atoms with Gasteiger partial charge in [-0.3, -0.25) is 14.9 Å². The van der Waals surface area contributed by atoms with Crippen LogP contribution in [-0.2, 0) is 9.53 Å². The molecule has 0 aliphatic carbocycles. The average Bonchev–Trinajstić information content (AvgIpc) is 2.45. The van der Waals surface area contributed by atoms with Gasteiger partial charge < -0.3 is 20.5 Å². The SMILES string of the molecule is COC(=O)CCCNC(=S)Nc1cc([N+](=O)[O-])ccc1[O-]. The van der Waals surface area contributed by atoms with Crippen LogP contribution in [0.15, 0.2) is 18.2 Å². The monoisotopic (exact) mass is 312 g/mol. The summed E-state index contributed by atoms with van der Waals surface area (Å²) >= 11 is 4.96. The lowest BCUT2D eigenvalue weighted by molar-refractivity contribution is -0.385. The molecule has 0 saturated heterocycles. The highest BCUT2D eigenvalue weighted by molar-refractivity contribution is 7.80. The van der Waals surface area contributed by atoms with Crippen molar-refractivity contribution in [3.8, 4) is 5.75 Å². The minimum absolute atomic E-state index is 0.0228. The summed E-state index contributed by atoms with van der Waals surface area (Å²) in [5, 5.41) is 27.7. The molecule has 9 heteroatoms. The summed E-state index contributed by atoms with van der Waals surface area (Å²) in [5.41, 5.74) is -0.180. The third kappa shape index (κ3) is 5.61. The summed E-state index contributed by atoms with van der Waals surface area (Å²) in [7, 11) is 1.31. The average molecular weight is 312 g/mol. The lowest BCUT2D eigenvalue weighted by Crippen LogP contribution is -2.30. The Morgan fingerprint density at radius 1 is 1.48 bits per heavy atom. The molecule has 0 atom stereocenters. The number of rotatable bonds is 6. The number of benzene rings is 1. The normalized spacial score (nSPS) is 9.76. The fraction of sp³-hybridized carbons (Fsp3) is 0.333. The van der Waals surface area contributed by atoms with Gasteiger partial charge in [-0.25, -0.2) is 0 Å². The van der Waals surface area contributed by atoms with E-state index in [9.17, 15) is 20.0 Å². The topological polar surface area (TPSA) is 117 Å². The van der Waals surface area contributed by atoms with E-state index in [0.717, 1.165) is 18.2 Å². The van der Waals surface area contributed by atoms with Crippen LogP contribution in [0, 0.1) is 10.1 Å². The molecule has 0 bridgehead atoms. The van der Waals surface area contributed by atoms with Crippen LogP contribution in [0.1, 0.15) is 12.8 Å². The number of ether oxygens (including phenoxy) is 1. The second-order valence-electron chi connectivity index (χ2n) is 4.00. The Bertz CT molecular complexity index is 550. The van der Waals surface area contributed by atoms with E-state index in [1.54, 1.807) is 0 Å². The summed E-state index contributed by atoms with van der Waals surface area (Å²) in [6.45, 7) is 0.407. The third-order valence-corrected chi connectivity index (χ3v) is 2.74. The highest BCUT2D eigenvalue weighted by Gasteiger charge is 2.08. The molecular weight excluding hydrogens is 298 g/mol. The van der Waals surface area contributed by atoms with E-state index >= 15 is 0 Å². The van der Waals surface area contributed by atoms with E-state index in [1.807, 2.05) is 0 Å². The van der Waals surface area contributed by atoms with Gasteiger partial charge in [-0.05, 0) is 18.6 Å². The van der Waals surface area contributed by atoms with Crippen molar-refractivity contribution in [1.29, 1.82) is 0 Å². The highest BCUT2D eigenvalue weighted by Crippen LogP contribution is 2.25. The molecule has 114 valence electrons. The van der Waals surface area contributed by atoms with Crippen molar-refractivity contribution in [3.05, 3.63) is 28.3 Å². The Morgan fingerprint density at radius 3 is 2.81 bits per heavy atom. The molecule has 0 aromatic heterocycles. The zero-order valence-electron chi connectivity index (χ0n) is 11.3. The summed E-state index contributed by atoms with van der Waals surface area (Å²) in [5.74, 6) is -0.726. The summed E-state index contributed by atoms with van der Waals surface area (Å²) in [4.78, 5) is 20.9. The Morgan fingerprint density at radius 2 is 2.19 bits per heavy atom. The molecule has 2 N–H and O–H groups in total. The molecule has 1 aromatic carbocycles. The third-order valence-electron chi connectivity index (χ3n) is 2.49. The van der Waals surface area contributed by atoms with Crippen LogP contribution in [0.3, 0.4) is 0 Å². The van der Waals surface area contributed by atoms with Gasteiger partial charge in [-0.15, -0.1) is 0 Å². The zero-order chi connectivity index (χ0) is 15.8. The molecule has 1 rings (SSSR count). The minimum Gasteiger partial charge on any atom is -0.871 e. The first-order valence-corrected chi connectivity index (χ1v) is 6.42. The second kappa shape index (κ2) is 8.00. The molecular formula is C12H14N3O5S-. The van der Waals surface area contributed by atoms with Crippen molar-refractivity contribution in [3.63, 3.8) is 0 Å². The molecule has 0 heterocycles. The minimum atomic E-state index is -0.600. The van der Waals surface area contributed by atoms with Gasteiger partial charge in [0.1, 0.15) is 0 Å². The predicted octanol–water partition coefficient (Wildman–Crippen LogP) is 0.908. The first-order valence-electron chi connectivity index (χ1n) is 6.01. The number of esters is 1. The van der Waals surface area contributed by atoms with Gasteiger partial charge in [0.2, 0.25) is 0 Å². The lowest BCUT2D eigenvalue weighted by atomic mass is 10.2. The van der Waals surface area contributed by atoms with Crippen LogP contribution in [-0.4, -0.2) is 29.7 Å². The fourth-order valence-electron chi connectivity index (χ4n) is 1.43. The number of nitrogens with zero attached hydrogens (tertiary/aromatic N) is 1. The zero-order valence-corrected chi connectivity index (χ0v) is 12.1. The van der Waals surface area contributed by atoms with E-state index in [0.29, 0.717) is 13.0 Å². The Labute approximate surface area is 126 Å². The van der Waals surface area contributed by atoms with Gasteiger partial charge in [0.05, 0.1) is 12.0 Å². The van der Waals surface area contributed by atoms with Crippen molar-refractivity contribution in [2.24, 2.45) is 0 Å². The van der Waals surface area contributed by atoms with Gasteiger partial charge >= 0.3 is 5.97 Å². The number of non-ortho nitro benzene ring substituents is 1. The molecule has 8 nitrogen and oxygen atoms in total. The molecule has 0 fully saturated rings. The summed E-state index contributed by atoms with van der Waals surface area (Å²) in [6.07, 6.45) is 0.753. The maximum Gasteiger partial charge on any atom is 0.305 e. The highest BCUT2D eigenvalue weighted by atomic mass is 32.1. The molecule has 0 aliphatic rings. The van der Waals surface area contributed by atoms with Crippen LogP contribution in [0.25, 0.3) is 0 Å². The standard InChI is InChI=1S/C12H15N3O5S/c1-20-11(17)3-2-6-13-12(21)14-9-7-8(15(18)19)4-5-10(9)16/h4-5,7,16H,2-3,6H2,1H3,(H2,13,14,21)/p-1. The molecule has 1 aromatic rings. The Balaban J connectivity index is 2.49. The van der Waals surface area contributed by atoms with Crippen LogP contribution < -0.4 is 15.7 Å². The smallest absolute Gasteiger partial charge is 0.305 e. The maximum atomic E-state index is 11.6. The number of carbonyl (C=O) groups excluding carboxylic acids is 1. The number of methoxy groups -OCH3 is 1. The first-order chi connectivity index (χ1) is 9.93. The number of hydrogen-bond donors (Lipinski definition) is 2. The number of thiocarbonyl (C=S) groups is 1. The summed E-state index contributed by atoms with van der Waals surface area (Å²) in [6, 6.07) is 3.34. The number of carbonyl (C=O) groups is 1. The molecule has 0 spiro atoms. The van der Waals surface area contributed by atoms with Crippen molar-refractivity contribution in [1.82, 2.24) is 5.32 Å². The fourth-order valence-corrected chi connectivity index (χ4v) is 1.64. The number of nitrogens with one attached hydrogen (secondary N) is 2. The van der Waals surface area contributed by atoms with E-state index in [-0.39, 0.29) is 28.9 Å². The van der Waals surface area contributed by atoms with Crippen molar-refractivity contribution in [2.75, 3.05) is 19.0 Å². The molecule has 0 amide bonds. The maximum absolute atomic E-state index is 11.6. The quantitative estimate of drug-likeness (QED) is 0.262. The number of anilines is 1. The van der Waals surface area contributed by atoms with Crippen molar-refractivity contribution < 1.29 is 19.6 Å². The molecule has 0 radical (unpaired) electrons. The van der Waals surface area contributed by atoms with Crippen LogP contribution in [0.4, 0.5) is 11.4 Å². The van der Waals surface area contributed by atoms with E-state index < -0.39 is 10.7 Å². The molecule has 0 unspecified atom stereocenters. The number of nitro groups is 1. The summed E-state index contributed by atoms with van der Waals surface area (Å²) < 4.78 is 4.48. The first kappa shape index (κ1) is 16.6. The van der Waals surface area contributed by atoms with E-state index in [4.69, 9.17) is 12.2 Å². The molecule has 0 aliphatic heterocycles.